The number of ketones is 1. The molecule has 0 fully saturated rings. The molecule has 0 aliphatic heterocycles. The molecule has 0 spiro atoms. The van der Waals surface area contributed by atoms with Crippen molar-refractivity contribution in [1.82, 2.24) is 9.55 Å². The van der Waals surface area contributed by atoms with Crippen LogP contribution in [0.4, 0.5) is 0 Å². The molecule has 2 heterocycles. The number of fused-ring (bicyclic) bond motifs is 1. The molecule has 130 valence electrons. The van der Waals surface area contributed by atoms with Crippen LogP contribution in [0.1, 0.15) is 42.7 Å². The minimum absolute atomic E-state index is 0.0209. The third kappa shape index (κ3) is 3.22. The normalized spacial score (nSPS) is 12.5. The van der Waals surface area contributed by atoms with E-state index in [1.807, 2.05) is 39.0 Å². The van der Waals surface area contributed by atoms with E-state index in [9.17, 15) is 9.59 Å². The summed E-state index contributed by atoms with van der Waals surface area (Å²) in [7, 11) is 0. The second kappa shape index (κ2) is 6.80. The molecule has 0 aliphatic rings. The molecule has 0 radical (unpaired) electrons. The fourth-order valence-corrected chi connectivity index (χ4v) is 3.80. The topological polar surface area (TPSA) is 61.2 Å². The molecular weight excluding hydrogens is 336 g/mol. The van der Waals surface area contributed by atoms with Gasteiger partial charge in [-0.2, -0.15) is 0 Å². The van der Waals surface area contributed by atoms with E-state index in [4.69, 9.17) is 4.74 Å². The quantitative estimate of drug-likeness (QED) is 0.648. The molecular formula is C19H20N2O3S. The lowest BCUT2D eigenvalue weighted by molar-refractivity contribution is 0.0932. The van der Waals surface area contributed by atoms with Crippen molar-refractivity contribution in [3.05, 3.63) is 58.1 Å². The molecule has 0 aliphatic carbocycles. The number of ether oxygens (including phenoxy) is 1. The van der Waals surface area contributed by atoms with E-state index in [1.54, 1.807) is 19.1 Å². The van der Waals surface area contributed by atoms with Crippen LogP contribution in [0.3, 0.4) is 0 Å². The molecule has 0 N–H and O–H groups in total. The highest BCUT2D eigenvalue weighted by Gasteiger charge is 2.22. The number of carbonyl (C=O) groups is 1. The number of hydrogen-bond acceptors (Lipinski definition) is 5. The summed E-state index contributed by atoms with van der Waals surface area (Å²) in [6.07, 6.45) is 1.47. The van der Waals surface area contributed by atoms with Gasteiger partial charge in [-0.15, -0.1) is 0 Å². The first-order valence-electron chi connectivity index (χ1n) is 8.16. The number of aromatic nitrogens is 2. The van der Waals surface area contributed by atoms with Crippen LogP contribution in [-0.4, -0.2) is 21.4 Å². The molecule has 3 aromatic rings. The van der Waals surface area contributed by atoms with Crippen molar-refractivity contribution in [2.45, 2.75) is 39.8 Å². The molecule has 0 bridgehead atoms. The van der Waals surface area contributed by atoms with Gasteiger partial charge in [0.1, 0.15) is 4.83 Å². The first-order chi connectivity index (χ1) is 11.9. The largest absolute Gasteiger partial charge is 0.481 e. The summed E-state index contributed by atoms with van der Waals surface area (Å²) in [5, 5.41) is 1.23. The van der Waals surface area contributed by atoms with Gasteiger partial charge in [-0.05, 0) is 27.7 Å². The van der Waals surface area contributed by atoms with Crippen LogP contribution in [0.2, 0.25) is 0 Å². The van der Waals surface area contributed by atoms with E-state index < -0.39 is 6.04 Å². The lowest BCUT2D eigenvalue weighted by atomic mass is 10.1. The van der Waals surface area contributed by atoms with E-state index in [1.165, 1.54) is 22.2 Å². The first kappa shape index (κ1) is 17.4. The van der Waals surface area contributed by atoms with Crippen LogP contribution < -0.4 is 10.3 Å². The summed E-state index contributed by atoms with van der Waals surface area (Å²) in [5.41, 5.74) is 1.14. The number of nitrogens with zero attached hydrogens (tertiary/aromatic N) is 2. The highest BCUT2D eigenvalue weighted by Crippen LogP contribution is 2.34. The zero-order chi connectivity index (χ0) is 18.1. The van der Waals surface area contributed by atoms with Gasteiger partial charge >= 0.3 is 0 Å². The monoisotopic (exact) mass is 356 g/mol. The third-order valence-corrected chi connectivity index (χ3v) is 5.12. The van der Waals surface area contributed by atoms with Crippen molar-refractivity contribution in [2.75, 3.05) is 0 Å². The highest BCUT2D eigenvalue weighted by molar-refractivity contribution is 7.20. The van der Waals surface area contributed by atoms with Gasteiger partial charge in [0.05, 0.1) is 23.9 Å². The Hall–Kier alpha value is -2.47. The summed E-state index contributed by atoms with van der Waals surface area (Å²) in [6, 6.07) is 8.35. The molecule has 3 rings (SSSR count). The van der Waals surface area contributed by atoms with Crippen LogP contribution in [0.5, 0.6) is 5.06 Å². The van der Waals surface area contributed by atoms with Crippen molar-refractivity contribution in [3.63, 3.8) is 0 Å². The second-order valence-corrected chi connectivity index (χ2v) is 7.19. The molecule has 1 unspecified atom stereocenters. The summed E-state index contributed by atoms with van der Waals surface area (Å²) >= 11 is 1.36. The molecule has 6 heteroatoms. The van der Waals surface area contributed by atoms with Gasteiger partial charge in [0.25, 0.3) is 5.56 Å². The van der Waals surface area contributed by atoms with Crippen molar-refractivity contribution >= 4 is 27.3 Å². The Balaban J connectivity index is 2.06. The summed E-state index contributed by atoms with van der Waals surface area (Å²) < 4.78 is 7.16. The molecule has 2 aromatic heterocycles. The predicted octanol–water partition coefficient (Wildman–Crippen LogP) is 4.00. The second-order valence-electron chi connectivity index (χ2n) is 6.22. The van der Waals surface area contributed by atoms with E-state index in [-0.39, 0.29) is 17.4 Å². The van der Waals surface area contributed by atoms with Crippen LogP contribution >= 0.6 is 11.3 Å². The van der Waals surface area contributed by atoms with Crippen LogP contribution in [-0.2, 0) is 0 Å². The van der Waals surface area contributed by atoms with Gasteiger partial charge < -0.3 is 4.74 Å². The maximum atomic E-state index is 12.9. The average Bonchev–Trinajstić information content (AvgIpc) is 2.91. The Kier molecular flexibility index (Phi) is 4.72. The maximum Gasteiger partial charge on any atom is 0.263 e. The van der Waals surface area contributed by atoms with Crippen molar-refractivity contribution in [1.29, 1.82) is 0 Å². The van der Waals surface area contributed by atoms with Crippen LogP contribution in [0.25, 0.3) is 10.2 Å². The number of thiophene rings is 1. The Morgan fingerprint density at radius 2 is 1.88 bits per heavy atom. The predicted molar refractivity (Wildman–Crippen MR) is 99.9 cm³/mol. The molecule has 0 saturated heterocycles. The number of hydrogen-bond donors (Lipinski definition) is 0. The molecule has 1 atom stereocenters. The van der Waals surface area contributed by atoms with Gasteiger partial charge in [0.2, 0.25) is 0 Å². The Morgan fingerprint density at radius 1 is 1.20 bits per heavy atom. The zero-order valence-corrected chi connectivity index (χ0v) is 15.5. The van der Waals surface area contributed by atoms with E-state index in [0.29, 0.717) is 20.8 Å². The number of rotatable bonds is 5. The van der Waals surface area contributed by atoms with Gasteiger partial charge in [0, 0.05) is 11.1 Å². The minimum atomic E-state index is -0.624. The molecule has 5 nitrogen and oxygen atoms in total. The van der Waals surface area contributed by atoms with E-state index >= 15 is 0 Å². The lowest BCUT2D eigenvalue weighted by Crippen LogP contribution is -2.28. The molecule has 0 saturated carbocycles. The first-order valence-corrected chi connectivity index (χ1v) is 8.98. The molecule has 1 aromatic carbocycles. The van der Waals surface area contributed by atoms with Crippen molar-refractivity contribution < 1.29 is 9.53 Å². The van der Waals surface area contributed by atoms with Crippen LogP contribution in [0, 0.1) is 6.92 Å². The number of aryl methyl sites for hydroxylation is 1. The van der Waals surface area contributed by atoms with E-state index in [2.05, 4.69) is 4.98 Å². The fourth-order valence-electron chi connectivity index (χ4n) is 2.69. The number of benzene rings is 1. The Morgan fingerprint density at radius 3 is 2.52 bits per heavy atom. The Labute approximate surface area is 149 Å². The van der Waals surface area contributed by atoms with Gasteiger partial charge in [-0.25, -0.2) is 4.98 Å². The molecule has 0 amide bonds. The zero-order valence-electron chi connectivity index (χ0n) is 14.6. The van der Waals surface area contributed by atoms with Gasteiger partial charge in [-0.3, -0.25) is 14.2 Å². The van der Waals surface area contributed by atoms with Gasteiger partial charge in [0.15, 0.2) is 10.8 Å². The number of Topliss-reactive ketones (excluding diaryl/α,β-unsaturated/α-hetero) is 1. The highest BCUT2D eigenvalue weighted by atomic mass is 32.1. The van der Waals surface area contributed by atoms with Crippen molar-refractivity contribution in [2.24, 2.45) is 0 Å². The smallest absolute Gasteiger partial charge is 0.263 e. The van der Waals surface area contributed by atoms with E-state index in [0.717, 1.165) is 5.56 Å². The summed E-state index contributed by atoms with van der Waals surface area (Å²) in [5.74, 6) is -0.115. The summed E-state index contributed by atoms with van der Waals surface area (Å²) in [6.45, 7) is 7.46. The standard InChI is InChI=1S/C19H20N2O3S/c1-11(2)24-19-12(3)15-17(25-19)20-10-21(18(15)23)13(4)16(22)14-8-6-5-7-9-14/h5-11,13H,1-4H3. The third-order valence-electron chi connectivity index (χ3n) is 4.03. The molecule has 25 heavy (non-hydrogen) atoms. The maximum absolute atomic E-state index is 12.9. The van der Waals surface area contributed by atoms with Crippen molar-refractivity contribution in [3.8, 4) is 5.06 Å². The average molecular weight is 356 g/mol. The minimum Gasteiger partial charge on any atom is -0.481 e. The Bertz CT molecular complexity index is 973. The van der Waals surface area contributed by atoms with Crippen LogP contribution in [0.15, 0.2) is 41.5 Å². The van der Waals surface area contributed by atoms with Gasteiger partial charge in [-0.1, -0.05) is 41.7 Å². The summed E-state index contributed by atoms with van der Waals surface area (Å²) in [4.78, 5) is 30.6. The lowest BCUT2D eigenvalue weighted by Gasteiger charge is -2.13. The number of carbonyl (C=O) groups excluding carboxylic acids is 1. The fraction of sp³-hybridized carbons (Fsp3) is 0.316. The SMILES string of the molecule is Cc1c(OC(C)C)sc2ncn(C(C)C(=O)c3ccccc3)c(=O)c12.